The van der Waals surface area contributed by atoms with Gasteiger partial charge in [-0.05, 0) is 43.1 Å². The maximum atomic E-state index is 13.4. The highest BCUT2D eigenvalue weighted by Gasteiger charge is 1.99. The van der Waals surface area contributed by atoms with E-state index in [2.05, 4.69) is 24.4 Å². The molecule has 112 valence electrons. The molecule has 2 aromatic rings. The van der Waals surface area contributed by atoms with Crippen molar-refractivity contribution in [1.82, 2.24) is 5.32 Å². The van der Waals surface area contributed by atoms with Gasteiger partial charge in [0, 0.05) is 12.1 Å². The number of halogens is 1. The van der Waals surface area contributed by atoms with Crippen LogP contribution in [-0.2, 0) is 13.0 Å². The largest absolute Gasteiger partial charge is 0.494 e. The lowest BCUT2D eigenvalue weighted by atomic mass is 10.2. The highest BCUT2D eigenvalue weighted by atomic mass is 19.1. The first-order valence-electron chi connectivity index (χ1n) is 7.45. The average Bonchev–Trinajstić information content (AvgIpc) is 2.53. The first kappa shape index (κ1) is 15.5. The molecule has 3 heteroatoms. The summed E-state index contributed by atoms with van der Waals surface area (Å²) >= 11 is 0. The van der Waals surface area contributed by atoms with Gasteiger partial charge >= 0.3 is 0 Å². The SMILES string of the molecule is CCc1ccc(OCCCNCc2ccccc2F)cc1. The van der Waals surface area contributed by atoms with Gasteiger partial charge in [-0.25, -0.2) is 4.39 Å². The van der Waals surface area contributed by atoms with E-state index in [1.54, 1.807) is 12.1 Å². The zero-order valence-corrected chi connectivity index (χ0v) is 12.4. The Labute approximate surface area is 126 Å². The van der Waals surface area contributed by atoms with Gasteiger partial charge in [-0.2, -0.15) is 0 Å². The predicted octanol–water partition coefficient (Wildman–Crippen LogP) is 3.95. The molecule has 0 bridgehead atoms. The smallest absolute Gasteiger partial charge is 0.127 e. The van der Waals surface area contributed by atoms with Crippen molar-refractivity contribution in [3.05, 3.63) is 65.5 Å². The Balaban J connectivity index is 1.60. The minimum absolute atomic E-state index is 0.155. The van der Waals surface area contributed by atoms with Crippen LogP contribution in [0, 0.1) is 5.82 Å². The van der Waals surface area contributed by atoms with Crippen LogP contribution in [-0.4, -0.2) is 13.2 Å². The highest BCUT2D eigenvalue weighted by Crippen LogP contribution is 2.12. The van der Waals surface area contributed by atoms with Crippen LogP contribution in [0.4, 0.5) is 4.39 Å². The lowest BCUT2D eigenvalue weighted by molar-refractivity contribution is 0.308. The van der Waals surface area contributed by atoms with Gasteiger partial charge in [0.15, 0.2) is 0 Å². The second-order valence-corrected chi connectivity index (χ2v) is 4.97. The topological polar surface area (TPSA) is 21.3 Å². The van der Waals surface area contributed by atoms with Gasteiger partial charge in [0.2, 0.25) is 0 Å². The molecular formula is C18H22FNO. The lowest BCUT2D eigenvalue weighted by Crippen LogP contribution is -2.17. The van der Waals surface area contributed by atoms with Crippen molar-refractivity contribution >= 4 is 0 Å². The van der Waals surface area contributed by atoms with Crippen LogP contribution in [0.1, 0.15) is 24.5 Å². The average molecular weight is 287 g/mol. The minimum atomic E-state index is -0.155. The van der Waals surface area contributed by atoms with E-state index in [1.165, 1.54) is 11.6 Å². The summed E-state index contributed by atoms with van der Waals surface area (Å²) in [6.45, 7) is 4.16. The van der Waals surface area contributed by atoms with E-state index < -0.39 is 0 Å². The Bertz CT molecular complexity index is 539. The Hall–Kier alpha value is -1.87. The standard InChI is InChI=1S/C18H22FNO/c1-2-15-8-10-17(11-9-15)21-13-5-12-20-14-16-6-3-4-7-18(16)19/h3-4,6-11,20H,2,5,12-14H2,1H3. The van der Waals surface area contributed by atoms with Crippen molar-refractivity contribution in [2.45, 2.75) is 26.3 Å². The first-order valence-corrected chi connectivity index (χ1v) is 7.45. The molecule has 2 nitrogen and oxygen atoms in total. The van der Waals surface area contributed by atoms with E-state index in [0.717, 1.165) is 25.1 Å². The molecule has 0 saturated carbocycles. The van der Waals surface area contributed by atoms with Crippen molar-refractivity contribution in [1.29, 1.82) is 0 Å². The van der Waals surface area contributed by atoms with Gasteiger partial charge in [0.25, 0.3) is 0 Å². The number of ether oxygens (including phenoxy) is 1. The quantitative estimate of drug-likeness (QED) is 0.742. The molecule has 0 spiro atoms. The number of nitrogens with one attached hydrogen (secondary N) is 1. The Morgan fingerprint density at radius 2 is 1.81 bits per heavy atom. The first-order chi connectivity index (χ1) is 10.3. The summed E-state index contributed by atoms with van der Waals surface area (Å²) in [6, 6.07) is 15.0. The third kappa shape index (κ3) is 5.20. The zero-order valence-electron chi connectivity index (χ0n) is 12.4. The molecule has 0 unspecified atom stereocenters. The fraction of sp³-hybridized carbons (Fsp3) is 0.333. The second-order valence-electron chi connectivity index (χ2n) is 4.97. The molecule has 0 aromatic heterocycles. The molecule has 0 radical (unpaired) electrons. The minimum Gasteiger partial charge on any atom is -0.494 e. The maximum absolute atomic E-state index is 13.4. The van der Waals surface area contributed by atoms with Gasteiger partial charge in [0.05, 0.1) is 6.61 Å². The van der Waals surface area contributed by atoms with E-state index in [4.69, 9.17) is 4.74 Å². The third-order valence-electron chi connectivity index (χ3n) is 3.37. The van der Waals surface area contributed by atoms with Crippen molar-refractivity contribution in [2.24, 2.45) is 0 Å². The number of benzene rings is 2. The Morgan fingerprint density at radius 3 is 2.52 bits per heavy atom. The number of aryl methyl sites for hydroxylation is 1. The van der Waals surface area contributed by atoms with Crippen molar-refractivity contribution < 1.29 is 9.13 Å². The number of hydrogen-bond donors (Lipinski definition) is 1. The number of hydrogen-bond acceptors (Lipinski definition) is 2. The second kappa shape index (κ2) is 8.42. The molecule has 0 heterocycles. The van der Waals surface area contributed by atoms with Crippen LogP contribution in [0.2, 0.25) is 0 Å². The van der Waals surface area contributed by atoms with Gasteiger partial charge in [0.1, 0.15) is 11.6 Å². The summed E-state index contributed by atoms with van der Waals surface area (Å²) in [5.41, 5.74) is 2.02. The normalized spacial score (nSPS) is 10.6. The fourth-order valence-corrected chi connectivity index (χ4v) is 2.07. The van der Waals surface area contributed by atoms with Crippen molar-refractivity contribution in [3.8, 4) is 5.75 Å². The monoisotopic (exact) mass is 287 g/mol. The van der Waals surface area contributed by atoms with Crippen LogP contribution in [0.5, 0.6) is 5.75 Å². The Kier molecular flexibility index (Phi) is 6.22. The molecule has 0 saturated heterocycles. The zero-order chi connectivity index (χ0) is 14.9. The summed E-state index contributed by atoms with van der Waals surface area (Å²) in [5, 5.41) is 3.23. The van der Waals surface area contributed by atoms with Gasteiger partial charge in [-0.1, -0.05) is 37.3 Å². The summed E-state index contributed by atoms with van der Waals surface area (Å²) in [7, 11) is 0. The van der Waals surface area contributed by atoms with Crippen LogP contribution < -0.4 is 10.1 Å². The van der Waals surface area contributed by atoms with Gasteiger partial charge in [-0.3, -0.25) is 0 Å². The van der Waals surface area contributed by atoms with Crippen molar-refractivity contribution in [2.75, 3.05) is 13.2 Å². The summed E-state index contributed by atoms with van der Waals surface area (Å²) < 4.78 is 19.1. The molecule has 0 atom stereocenters. The molecule has 2 rings (SSSR count). The van der Waals surface area contributed by atoms with Crippen molar-refractivity contribution in [3.63, 3.8) is 0 Å². The lowest BCUT2D eigenvalue weighted by Gasteiger charge is -2.08. The fourth-order valence-electron chi connectivity index (χ4n) is 2.07. The van der Waals surface area contributed by atoms with Crippen LogP contribution in [0.25, 0.3) is 0 Å². The van der Waals surface area contributed by atoms with E-state index in [1.807, 2.05) is 18.2 Å². The van der Waals surface area contributed by atoms with Crippen LogP contribution >= 0.6 is 0 Å². The van der Waals surface area contributed by atoms with Crippen LogP contribution in [0.15, 0.2) is 48.5 Å². The summed E-state index contributed by atoms with van der Waals surface area (Å²) in [6.07, 6.45) is 1.93. The number of rotatable bonds is 8. The third-order valence-corrected chi connectivity index (χ3v) is 3.37. The molecule has 0 amide bonds. The van der Waals surface area contributed by atoms with Gasteiger partial charge in [-0.15, -0.1) is 0 Å². The van der Waals surface area contributed by atoms with Crippen LogP contribution in [0.3, 0.4) is 0 Å². The molecule has 0 aliphatic carbocycles. The highest BCUT2D eigenvalue weighted by molar-refractivity contribution is 5.27. The van der Waals surface area contributed by atoms with E-state index in [9.17, 15) is 4.39 Å². The van der Waals surface area contributed by atoms with E-state index >= 15 is 0 Å². The van der Waals surface area contributed by atoms with E-state index in [-0.39, 0.29) is 5.82 Å². The summed E-state index contributed by atoms with van der Waals surface area (Å²) in [5.74, 6) is 0.749. The molecule has 0 aliphatic rings. The van der Waals surface area contributed by atoms with E-state index in [0.29, 0.717) is 18.7 Å². The molecule has 2 aromatic carbocycles. The predicted molar refractivity (Wildman–Crippen MR) is 84.0 cm³/mol. The molecule has 0 fully saturated rings. The molecule has 0 aliphatic heterocycles. The Morgan fingerprint density at radius 1 is 1.05 bits per heavy atom. The molecule has 21 heavy (non-hydrogen) atoms. The maximum Gasteiger partial charge on any atom is 0.127 e. The summed E-state index contributed by atoms with van der Waals surface area (Å²) in [4.78, 5) is 0. The molecule has 1 N–H and O–H groups in total. The molecular weight excluding hydrogens is 265 g/mol. The van der Waals surface area contributed by atoms with Gasteiger partial charge < -0.3 is 10.1 Å².